The summed E-state index contributed by atoms with van der Waals surface area (Å²) in [4.78, 5) is 11.5. The summed E-state index contributed by atoms with van der Waals surface area (Å²) in [6, 6.07) is 0. The number of carbonyl (C=O) groups is 1. The largest absolute Gasteiger partial charge is 0.464 e. The van der Waals surface area contributed by atoms with Crippen molar-refractivity contribution < 1.29 is 14.6 Å². The Morgan fingerprint density at radius 3 is 1.59 bits per heavy atom. The van der Waals surface area contributed by atoms with Crippen LogP contribution >= 0.6 is 0 Å². The van der Waals surface area contributed by atoms with Gasteiger partial charge in [0.25, 0.3) is 0 Å². The minimum Gasteiger partial charge on any atom is -0.464 e. The fraction of sp³-hybridized carbons (Fsp3) is 0.958. The average molecular weight is 385 g/mol. The molecule has 0 aliphatic carbocycles. The molecular weight excluding hydrogens is 336 g/mol. The average Bonchev–Trinajstić information content (AvgIpc) is 2.65. The van der Waals surface area contributed by atoms with Gasteiger partial charge in [-0.3, -0.25) is 0 Å². The molecule has 0 bridgehead atoms. The monoisotopic (exact) mass is 384 g/mol. The minimum absolute atomic E-state index is 0.441. The third-order valence-corrected chi connectivity index (χ3v) is 5.27. The van der Waals surface area contributed by atoms with Gasteiger partial charge in [0.2, 0.25) is 0 Å². The maximum atomic E-state index is 11.5. The fourth-order valence-corrected chi connectivity index (χ4v) is 3.38. The molecule has 0 spiro atoms. The van der Waals surface area contributed by atoms with E-state index in [-0.39, 0.29) is 0 Å². The molecule has 0 radical (unpaired) electrons. The van der Waals surface area contributed by atoms with Crippen LogP contribution in [0, 0.1) is 5.92 Å². The third-order valence-electron chi connectivity index (χ3n) is 5.27. The number of unbranched alkanes of at least 4 members (excludes halogenated alkanes) is 13. The molecule has 0 aromatic rings. The number of aliphatic hydroxyl groups excluding tert-OH is 1. The molecule has 0 saturated carbocycles. The van der Waals surface area contributed by atoms with Gasteiger partial charge in [0.1, 0.15) is 0 Å². The lowest BCUT2D eigenvalue weighted by molar-refractivity contribution is -0.154. The van der Waals surface area contributed by atoms with Crippen LogP contribution in [0.5, 0.6) is 0 Å². The van der Waals surface area contributed by atoms with Crippen molar-refractivity contribution in [2.75, 3.05) is 6.61 Å². The first kappa shape index (κ1) is 26.4. The van der Waals surface area contributed by atoms with Gasteiger partial charge in [-0.15, -0.1) is 0 Å². The van der Waals surface area contributed by atoms with E-state index < -0.39 is 12.1 Å². The molecule has 0 amide bonds. The zero-order valence-electron chi connectivity index (χ0n) is 18.6. The lowest BCUT2D eigenvalue weighted by Gasteiger charge is -2.10. The number of rotatable bonds is 20. The Morgan fingerprint density at radius 1 is 0.704 bits per heavy atom. The van der Waals surface area contributed by atoms with E-state index in [0.717, 1.165) is 31.6 Å². The van der Waals surface area contributed by atoms with Crippen LogP contribution in [0.15, 0.2) is 0 Å². The second kappa shape index (κ2) is 20.2. The van der Waals surface area contributed by atoms with Crippen LogP contribution in [0.25, 0.3) is 0 Å². The second-order valence-corrected chi connectivity index (χ2v) is 8.60. The summed E-state index contributed by atoms with van der Waals surface area (Å²) < 4.78 is 5.13. The van der Waals surface area contributed by atoms with Gasteiger partial charge >= 0.3 is 5.97 Å². The van der Waals surface area contributed by atoms with Gasteiger partial charge in [-0.2, -0.15) is 0 Å². The normalized spacial score (nSPS) is 12.5. The van der Waals surface area contributed by atoms with Crippen LogP contribution in [-0.4, -0.2) is 23.8 Å². The summed E-state index contributed by atoms with van der Waals surface area (Å²) in [6.45, 7) is 7.14. The summed E-state index contributed by atoms with van der Waals surface area (Å²) in [5, 5.41) is 9.61. The van der Waals surface area contributed by atoms with Gasteiger partial charge in [0, 0.05) is 0 Å². The van der Waals surface area contributed by atoms with Crippen molar-refractivity contribution in [3.8, 4) is 0 Å². The van der Waals surface area contributed by atoms with E-state index in [0.29, 0.717) is 13.0 Å². The van der Waals surface area contributed by atoms with Crippen LogP contribution in [-0.2, 0) is 9.53 Å². The molecule has 0 aliphatic rings. The van der Waals surface area contributed by atoms with Crippen molar-refractivity contribution in [1.82, 2.24) is 0 Å². The fourth-order valence-electron chi connectivity index (χ4n) is 3.38. The van der Waals surface area contributed by atoms with Gasteiger partial charge in [0.05, 0.1) is 6.61 Å². The van der Waals surface area contributed by atoms with Crippen LogP contribution in [0.4, 0.5) is 0 Å². The number of hydrogen-bond acceptors (Lipinski definition) is 3. The molecule has 0 aromatic carbocycles. The number of esters is 1. The molecular formula is C24H48O3. The molecule has 0 saturated heterocycles. The maximum absolute atomic E-state index is 11.5. The zero-order chi connectivity index (χ0) is 20.2. The summed E-state index contributed by atoms with van der Waals surface area (Å²) in [5.74, 6) is 0.423. The van der Waals surface area contributed by atoms with E-state index in [9.17, 15) is 9.90 Å². The van der Waals surface area contributed by atoms with E-state index >= 15 is 0 Å². The lowest BCUT2D eigenvalue weighted by atomic mass is 10.0. The van der Waals surface area contributed by atoms with E-state index in [4.69, 9.17) is 4.74 Å². The maximum Gasteiger partial charge on any atom is 0.334 e. The predicted molar refractivity (Wildman–Crippen MR) is 116 cm³/mol. The first-order valence-electron chi connectivity index (χ1n) is 11.9. The molecule has 162 valence electrons. The molecule has 0 aromatic heterocycles. The Morgan fingerprint density at radius 2 is 1.15 bits per heavy atom. The van der Waals surface area contributed by atoms with Crippen molar-refractivity contribution in [1.29, 1.82) is 0 Å². The standard InChI is InChI=1S/C24H48O3/c1-4-5-20-23(25)24(26)27-21-18-16-14-12-10-8-6-7-9-11-13-15-17-19-22(2)3/h22-23,25H,4-21H2,1-3H3. The van der Waals surface area contributed by atoms with E-state index in [1.165, 1.54) is 77.0 Å². The van der Waals surface area contributed by atoms with Gasteiger partial charge in [-0.1, -0.05) is 117 Å². The van der Waals surface area contributed by atoms with E-state index in [2.05, 4.69) is 13.8 Å². The van der Waals surface area contributed by atoms with Crippen molar-refractivity contribution >= 4 is 5.97 Å². The Kier molecular flexibility index (Phi) is 19.7. The quantitative estimate of drug-likeness (QED) is 0.178. The Balaban J connectivity index is 3.18. The van der Waals surface area contributed by atoms with Gasteiger partial charge in [0.15, 0.2) is 6.10 Å². The van der Waals surface area contributed by atoms with Crippen LogP contribution in [0.1, 0.15) is 130 Å². The highest BCUT2D eigenvalue weighted by Gasteiger charge is 2.15. The second-order valence-electron chi connectivity index (χ2n) is 8.60. The highest BCUT2D eigenvalue weighted by atomic mass is 16.5. The first-order chi connectivity index (χ1) is 13.1. The smallest absolute Gasteiger partial charge is 0.334 e. The van der Waals surface area contributed by atoms with Crippen molar-refractivity contribution in [3.63, 3.8) is 0 Å². The molecule has 27 heavy (non-hydrogen) atoms. The van der Waals surface area contributed by atoms with Gasteiger partial charge in [-0.05, 0) is 18.8 Å². The Bertz CT molecular complexity index is 315. The molecule has 3 heteroatoms. The molecule has 1 N–H and O–H groups in total. The molecule has 0 aliphatic heterocycles. The van der Waals surface area contributed by atoms with E-state index in [1.54, 1.807) is 0 Å². The molecule has 0 fully saturated rings. The summed E-state index contributed by atoms with van der Waals surface area (Å²) >= 11 is 0. The number of aliphatic hydroxyl groups is 1. The minimum atomic E-state index is -0.926. The highest BCUT2D eigenvalue weighted by Crippen LogP contribution is 2.14. The number of carbonyl (C=O) groups excluding carboxylic acids is 1. The zero-order valence-corrected chi connectivity index (χ0v) is 18.6. The molecule has 0 heterocycles. The topological polar surface area (TPSA) is 46.5 Å². The van der Waals surface area contributed by atoms with Crippen molar-refractivity contribution in [3.05, 3.63) is 0 Å². The number of ether oxygens (including phenoxy) is 1. The highest BCUT2D eigenvalue weighted by molar-refractivity contribution is 5.74. The Labute approximate surface area is 169 Å². The van der Waals surface area contributed by atoms with E-state index in [1.807, 2.05) is 6.92 Å². The third kappa shape index (κ3) is 20.0. The molecule has 3 nitrogen and oxygen atoms in total. The Hall–Kier alpha value is -0.570. The van der Waals surface area contributed by atoms with Gasteiger partial charge < -0.3 is 9.84 Å². The SMILES string of the molecule is CCCCC(O)C(=O)OCCCCCCCCCCCCCCCC(C)C. The lowest BCUT2D eigenvalue weighted by Crippen LogP contribution is -2.23. The van der Waals surface area contributed by atoms with Crippen molar-refractivity contribution in [2.24, 2.45) is 5.92 Å². The van der Waals surface area contributed by atoms with Crippen LogP contribution < -0.4 is 0 Å². The predicted octanol–water partition coefficient (Wildman–Crippen LogP) is 7.20. The first-order valence-corrected chi connectivity index (χ1v) is 11.9. The van der Waals surface area contributed by atoms with Crippen LogP contribution in [0.3, 0.4) is 0 Å². The van der Waals surface area contributed by atoms with Gasteiger partial charge in [-0.25, -0.2) is 4.79 Å². The molecule has 0 rings (SSSR count). The molecule has 1 unspecified atom stereocenters. The summed E-state index contributed by atoms with van der Waals surface area (Å²) in [6.07, 6.45) is 20.0. The van der Waals surface area contributed by atoms with Crippen molar-refractivity contribution in [2.45, 2.75) is 136 Å². The van der Waals surface area contributed by atoms with Crippen LogP contribution in [0.2, 0.25) is 0 Å². The summed E-state index contributed by atoms with van der Waals surface area (Å²) in [7, 11) is 0. The molecule has 1 atom stereocenters. The summed E-state index contributed by atoms with van der Waals surface area (Å²) in [5.41, 5.74) is 0. The number of hydrogen-bond donors (Lipinski definition) is 1.